The normalized spacial score (nSPS) is 11.1. The first kappa shape index (κ1) is 12.3. The Kier molecular flexibility index (Phi) is 3.92. The molecule has 0 saturated carbocycles. The average molecular weight is 249 g/mol. The summed E-state index contributed by atoms with van der Waals surface area (Å²) in [5, 5.41) is 3.37. The summed E-state index contributed by atoms with van der Waals surface area (Å²) in [7, 11) is 0. The summed E-state index contributed by atoms with van der Waals surface area (Å²) in [6.45, 7) is 5.12. The Balaban J connectivity index is 2.12. The summed E-state index contributed by atoms with van der Waals surface area (Å²) in [5.74, 6) is -0.183. The van der Waals surface area contributed by atoms with E-state index in [1.165, 1.54) is 10.9 Å². The predicted molar refractivity (Wildman–Crippen MR) is 71.7 cm³/mol. The fourth-order valence-electron chi connectivity index (χ4n) is 1.57. The molecule has 1 aromatic carbocycles. The van der Waals surface area contributed by atoms with E-state index in [1.54, 1.807) is 23.5 Å². The van der Waals surface area contributed by atoms with Gasteiger partial charge in [0.25, 0.3) is 0 Å². The largest absolute Gasteiger partial charge is 0.310 e. The second-order valence-electron chi connectivity index (χ2n) is 4.31. The number of halogens is 1. The van der Waals surface area contributed by atoms with Crippen LogP contribution in [0.5, 0.6) is 0 Å². The fourth-order valence-corrected chi connectivity index (χ4v) is 2.53. The van der Waals surface area contributed by atoms with E-state index in [0.717, 1.165) is 17.0 Å². The van der Waals surface area contributed by atoms with Crippen LogP contribution < -0.4 is 5.32 Å². The van der Waals surface area contributed by atoms with Crippen molar-refractivity contribution in [3.63, 3.8) is 0 Å². The van der Waals surface area contributed by atoms with Gasteiger partial charge in [0.2, 0.25) is 0 Å². The Morgan fingerprint density at radius 2 is 2.06 bits per heavy atom. The minimum Gasteiger partial charge on any atom is -0.310 e. The van der Waals surface area contributed by atoms with E-state index in [2.05, 4.69) is 31.3 Å². The minimum atomic E-state index is -0.183. The van der Waals surface area contributed by atoms with Crippen molar-refractivity contribution in [3.8, 4) is 10.4 Å². The standard InChI is InChI=1S/C14H16FNS/c1-10(2)16-9-13-6-7-14(17-13)11-4-3-5-12(15)8-11/h3-8,10,16H,9H2,1-2H3. The summed E-state index contributed by atoms with van der Waals surface area (Å²) < 4.78 is 13.1. The second-order valence-corrected chi connectivity index (χ2v) is 5.48. The van der Waals surface area contributed by atoms with Crippen LogP contribution in [0.2, 0.25) is 0 Å². The van der Waals surface area contributed by atoms with Crippen LogP contribution in [0.3, 0.4) is 0 Å². The third kappa shape index (κ3) is 3.38. The van der Waals surface area contributed by atoms with Crippen molar-refractivity contribution >= 4 is 11.3 Å². The van der Waals surface area contributed by atoms with E-state index in [9.17, 15) is 4.39 Å². The highest BCUT2D eigenvalue weighted by Crippen LogP contribution is 2.28. The van der Waals surface area contributed by atoms with Gasteiger partial charge in [0, 0.05) is 22.3 Å². The lowest BCUT2D eigenvalue weighted by Gasteiger charge is -2.05. The average Bonchev–Trinajstić information content (AvgIpc) is 2.75. The van der Waals surface area contributed by atoms with Gasteiger partial charge in [-0.25, -0.2) is 4.39 Å². The molecule has 1 aromatic heterocycles. The van der Waals surface area contributed by atoms with Crippen molar-refractivity contribution in [1.29, 1.82) is 0 Å². The molecule has 1 N–H and O–H groups in total. The van der Waals surface area contributed by atoms with Crippen LogP contribution >= 0.6 is 11.3 Å². The molecule has 1 heterocycles. The van der Waals surface area contributed by atoms with Crippen molar-refractivity contribution in [2.24, 2.45) is 0 Å². The van der Waals surface area contributed by atoms with Crippen molar-refractivity contribution in [2.45, 2.75) is 26.4 Å². The zero-order valence-corrected chi connectivity index (χ0v) is 10.9. The quantitative estimate of drug-likeness (QED) is 0.862. The molecule has 0 unspecified atom stereocenters. The lowest BCUT2D eigenvalue weighted by molar-refractivity contribution is 0.593. The summed E-state index contributed by atoms with van der Waals surface area (Å²) in [6.07, 6.45) is 0. The molecule has 0 aliphatic rings. The van der Waals surface area contributed by atoms with Gasteiger partial charge in [0.05, 0.1) is 0 Å². The zero-order valence-electron chi connectivity index (χ0n) is 10.0. The monoisotopic (exact) mass is 249 g/mol. The Morgan fingerprint density at radius 1 is 1.24 bits per heavy atom. The number of hydrogen-bond donors (Lipinski definition) is 1. The van der Waals surface area contributed by atoms with Crippen LogP contribution in [0.15, 0.2) is 36.4 Å². The SMILES string of the molecule is CC(C)NCc1ccc(-c2cccc(F)c2)s1. The first-order valence-corrected chi connectivity index (χ1v) is 6.55. The highest BCUT2D eigenvalue weighted by molar-refractivity contribution is 7.15. The molecule has 0 aliphatic carbocycles. The van der Waals surface area contributed by atoms with Crippen LogP contribution in [0.4, 0.5) is 4.39 Å². The van der Waals surface area contributed by atoms with Crippen molar-refractivity contribution in [1.82, 2.24) is 5.32 Å². The third-order valence-corrected chi connectivity index (χ3v) is 3.59. The van der Waals surface area contributed by atoms with Crippen LogP contribution in [0.25, 0.3) is 10.4 Å². The van der Waals surface area contributed by atoms with Crippen molar-refractivity contribution in [3.05, 3.63) is 47.1 Å². The maximum Gasteiger partial charge on any atom is 0.123 e. The molecule has 2 rings (SSSR count). The molecule has 17 heavy (non-hydrogen) atoms. The smallest absolute Gasteiger partial charge is 0.123 e. The molecule has 90 valence electrons. The molecule has 0 radical (unpaired) electrons. The molecule has 0 spiro atoms. The van der Waals surface area contributed by atoms with E-state index in [1.807, 2.05) is 6.07 Å². The predicted octanol–water partition coefficient (Wildman–Crippen LogP) is 4.05. The molecule has 0 fully saturated rings. The van der Waals surface area contributed by atoms with Crippen molar-refractivity contribution in [2.75, 3.05) is 0 Å². The lowest BCUT2D eigenvalue weighted by Crippen LogP contribution is -2.21. The molecule has 0 atom stereocenters. The molecular weight excluding hydrogens is 233 g/mol. The highest BCUT2D eigenvalue weighted by Gasteiger charge is 2.04. The molecular formula is C14H16FNS. The van der Waals surface area contributed by atoms with Gasteiger partial charge in [-0.1, -0.05) is 26.0 Å². The van der Waals surface area contributed by atoms with Gasteiger partial charge in [-0.3, -0.25) is 0 Å². The molecule has 0 saturated heterocycles. The zero-order chi connectivity index (χ0) is 12.3. The summed E-state index contributed by atoms with van der Waals surface area (Å²) in [5.41, 5.74) is 0.950. The molecule has 3 heteroatoms. The second kappa shape index (κ2) is 5.43. The Morgan fingerprint density at radius 3 is 2.76 bits per heavy atom. The van der Waals surface area contributed by atoms with Gasteiger partial charge in [0.1, 0.15) is 5.82 Å². The van der Waals surface area contributed by atoms with Gasteiger partial charge >= 0.3 is 0 Å². The van der Waals surface area contributed by atoms with Gasteiger partial charge in [-0.05, 0) is 29.8 Å². The molecule has 0 aliphatic heterocycles. The van der Waals surface area contributed by atoms with Gasteiger partial charge in [-0.15, -0.1) is 11.3 Å². The van der Waals surface area contributed by atoms with Gasteiger partial charge in [-0.2, -0.15) is 0 Å². The van der Waals surface area contributed by atoms with Crippen LogP contribution in [-0.2, 0) is 6.54 Å². The fraction of sp³-hybridized carbons (Fsp3) is 0.286. The van der Waals surface area contributed by atoms with Gasteiger partial charge < -0.3 is 5.32 Å². The Hall–Kier alpha value is -1.19. The maximum absolute atomic E-state index is 13.1. The van der Waals surface area contributed by atoms with Crippen LogP contribution in [0.1, 0.15) is 18.7 Å². The number of thiophene rings is 1. The van der Waals surface area contributed by atoms with E-state index < -0.39 is 0 Å². The van der Waals surface area contributed by atoms with E-state index in [4.69, 9.17) is 0 Å². The molecule has 0 amide bonds. The third-order valence-electron chi connectivity index (χ3n) is 2.46. The minimum absolute atomic E-state index is 0.183. The summed E-state index contributed by atoms with van der Waals surface area (Å²) >= 11 is 1.71. The molecule has 0 bridgehead atoms. The molecule has 1 nitrogen and oxygen atoms in total. The maximum atomic E-state index is 13.1. The first-order chi connectivity index (χ1) is 8.15. The van der Waals surface area contributed by atoms with E-state index in [-0.39, 0.29) is 5.82 Å². The Bertz CT molecular complexity index is 490. The first-order valence-electron chi connectivity index (χ1n) is 5.73. The Labute approximate surface area is 105 Å². The summed E-state index contributed by atoms with van der Waals surface area (Å²) in [4.78, 5) is 2.39. The van der Waals surface area contributed by atoms with Crippen LogP contribution in [-0.4, -0.2) is 6.04 Å². The van der Waals surface area contributed by atoms with Gasteiger partial charge in [0.15, 0.2) is 0 Å². The topological polar surface area (TPSA) is 12.0 Å². The highest BCUT2D eigenvalue weighted by atomic mass is 32.1. The van der Waals surface area contributed by atoms with E-state index in [0.29, 0.717) is 6.04 Å². The lowest BCUT2D eigenvalue weighted by atomic mass is 10.2. The molecule has 2 aromatic rings. The summed E-state index contributed by atoms with van der Waals surface area (Å²) in [6, 6.07) is 11.4. The number of benzene rings is 1. The van der Waals surface area contributed by atoms with Crippen molar-refractivity contribution < 1.29 is 4.39 Å². The number of nitrogens with one attached hydrogen (secondary N) is 1. The number of rotatable bonds is 4. The van der Waals surface area contributed by atoms with E-state index >= 15 is 0 Å². The van der Waals surface area contributed by atoms with Crippen LogP contribution in [0, 0.1) is 5.82 Å². The number of hydrogen-bond acceptors (Lipinski definition) is 2.